The van der Waals surface area contributed by atoms with Gasteiger partial charge in [0.25, 0.3) is 0 Å². The smallest absolute Gasteiger partial charge is 0.201 e. The number of aromatic nitrogens is 2. The molecule has 3 heteroatoms. The topological polar surface area (TPSA) is 43.8 Å². The quantitative estimate of drug-likeness (QED) is 0.841. The first-order valence-corrected chi connectivity index (χ1v) is 7.31. The average molecular weight is 257 g/mol. The molecular weight excluding hydrogens is 234 g/mol. The molecule has 0 aliphatic heterocycles. The first kappa shape index (κ1) is 12.5. The van der Waals surface area contributed by atoms with Crippen molar-refractivity contribution in [3.8, 4) is 0 Å². The van der Waals surface area contributed by atoms with Gasteiger partial charge >= 0.3 is 0 Å². The van der Waals surface area contributed by atoms with E-state index < -0.39 is 0 Å². The molecule has 1 saturated carbocycles. The van der Waals surface area contributed by atoms with Crippen LogP contribution in [-0.4, -0.2) is 9.55 Å². The summed E-state index contributed by atoms with van der Waals surface area (Å²) in [5, 5.41) is 0. The number of nitrogens with zero attached hydrogens (tertiary/aromatic N) is 2. The number of rotatable bonds is 1. The summed E-state index contributed by atoms with van der Waals surface area (Å²) >= 11 is 0. The fourth-order valence-electron chi connectivity index (χ4n) is 3.71. The molecule has 3 unspecified atom stereocenters. The van der Waals surface area contributed by atoms with Crippen molar-refractivity contribution in [2.75, 3.05) is 5.73 Å². The Kier molecular flexibility index (Phi) is 3.00. The third-order valence-electron chi connectivity index (χ3n) is 4.66. The maximum atomic E-state index is 6.20. The van der Waals surface area contributed by atoms with Crippen molar-refractivity contribution in [2.24, 2.45) is 11.8 Å². The number of hydrogen-bond acceptors (Lipinski definition) is 2. The molecule has 0 spiro atoms. The van der Waals surface area contributed by atoms with E-state index in [-0.39, 0.29) is 0 Å². The van der Waals surface area contributed by atoms with Crippen LogP contribution in [0.3, 0.4) is 0 Å². The van der Waals surface area contributed by atoms with Crippen LogP contribution in [0.15, 0.2) is 18.2 Å². The number of benzene rings is 1. The van der Waals surface area contributed by atoms with Crippen molar-refractivity contribution in [1.82, 2.24) is 9.55 Å². The zero-order valence-electron chi connectivity index (χ0n) is 12.1. The Morgan fingerprint density at radius 2 is 2.05 bits per heavy atom. The lowest BCUT2D eigenvalue weighted by molar-refractivity contribution is 0.213. The van der Waals surface area contributed by atoms with Gasteiger partial charge in [-0.25, -0.2) is 4.98 Å². The van der Waals surface area contributed by atoms with E-state index in [4.69, 9.17) is 5.73 Å². The second-order valence-corrected chi connectivity index (χ2v) is 6.25. The van der Waals surface area contributed by atoms with Gasteiger partial charge in [0.15, 0.2) is 0 Å². The zero-order valence-corrected chi connectivity index (χ0v) is 12.1. The van der Waals surface area contributed by atoms with Gasteiger partial charge in [-0.1, -0.05) is 26.0 Å². The van der Waals surface area contributed by atoms with Crippen LogP contribution in [-0.2, 0) is 0 Å². The van der Waals surface area contributed by atoms with Gasteiger partial charge in [-0.05, 0) is 49.7 Å². The van der Waals surface area contributed by atoms with E-state index in [2.05, 4.69) is 48.5 Å². The van der Waals surface area contributed by atoms with Crippen molar-refractivity contribution in [2.45, 2.75) is 46.1 Å². The Balaban J connectivity index is 2.12. The number of para-hydroxylation sites is 1. The van der Waals surface area contributed by atoms with E-state index in [9.17, 15) is 0 Å². The first-order chi connectivity index (χ1) is 9.08. The molecule has 1 fully saturated rings. The van der Waals surface area contributed by atoms with Crippen LogP contribution in [0.4, 0.5) is 5.95 Å². The van der Waals surface area contributed by atoms with Crippen molar-refractivity contribution >= 4 is 17.0 Å². The van der Waals surface area contributed by atoms with Gasteiger partial charge in [-0.3, -0.25) is 0 Å². The molecule has 3 rings (SSSR count). The van der Waals surface area contributed by atoms with Crippen LogP contribution < -0.4 is 5.73 Å². The minimum atomic E-state index is 0.502. The molecule has 3 atom stereocenters. The Bertz CT molecular complexity index is 599. The van der Waals surface area contributed by atoms with Crippen LogP contribution >= 0.6 is 0 Å². The molecule has 1 aromatic carbocycles. The van der Waals surface area contributed by atoms with Crippen molar-refractivity contribution in [3.05, 3.63) is 23.8 Å². The van der Waals surface area contributed by atoms with E-state index in [0.717, 1.165) is 11.4 Å². The van der Waals surface area contributed by atoms with E-state index in [0.29, 0.717) is 17.9 Å². The maximum Gasteiger partial charge on any atom is 0.201 e. The molecule has 19 heavy (non-hydrogen) atoms. The second-order valence-electron chi connectivity index (χ2n) is 6.25. The van der Waals surface area contributed by atoms with Crippen LogP contribution in [0, 0.1) is 18.8 Å². The lowest BCUT2D eigenvalue weighted by atomic mass is 9.79. The van der Waals surface area contributed by atoms with Gasteiger partial charge < -0.3 is 10.3 Å². The van der Waals surface area contributed by atoms with Gasteiger partial charge in [0.2, 0.25) is 5.95 Å². The van der Waals surface area contributed by atoms with Crippen molar-refractivity contribution < 1.29 is 0 Å². The largest absolute Gasteiger partial charge is 0.369 e. The summed E-state index contributed by atoms with van der Waals surface area (Å²) in [6.07, 6.45) is 3.79. The summed E-state index contributed by atoms with van der Waals surface area (Å²) in [4.78, 5) is 4.54. The van der Waals surface area contributed by atoms with Gasteiger partial charge in [0.1, 0.15) is 0 Å². The summed E-state index contributed by atoms with van der Waals surface area (Å²) in [5.41, 5.74) is 9.73. The minimum Gasteiger partial charge on any atom is -0.369 e. The predicted molar refractivity (Wildman–Crippen MR) is 80.1 cm³/mol. The summed E-state index contributed by atoms with van der Waals surface area (Å²) in [6, 6.07) is 6.77. The van der Waals surface area contributed by atoms with E-state index in [1.165, 1.54) is 30.3 Å². The molecule has 1 aromatic heterocycles. The molecule has 1 aliphatic carbocycles. The van der Waals surface area contributed by atoms with E-state index in [1.54, 1.807) is 0 Å². The number of fused-ring (bicyclic) bond motifs is 1. The van der Waals surface area contributed by atoms with Crippen LogP contribution in [0.25, 0.3) is 11.0 Å². The van der Waals surface area contributed by atoms with Crippen LogP contribution in [0.5, 0.6) is 0 Å². The lowest BCUT2D eigenvalue weighted by Gasteiger charge is -2.34. The van der Waals surface area contributed by atoms with Gasteiger partial charge in [-0.15, -0.1) is 0 Å². The minimum absolute atomic E-state index is 0.502. The summed E-state index contributed by atoms with van der Waals surface area (Å²) in [5.74, 6) is 2.18. The molecule has 0 bridgehead atoms. The zero-order chi connectivity index (χ0) is 13.6. The molecule has 2 aromatic rings. The number of nitrogen functional groups attached to an aromatic ring is 1. The molecule has 102 valence electrons. The standard InChI is InChI=1S/C16H23N3/c1-10-7-8-14(12(3)9-10)19-15-11(2)5-4-6-13(15)18-16(19)17/h4-6,10,12,14H,7-9H2,1-3H3,(H2,17,18). The average Bonchev–Trinajstić information content (AvgIpc) is 2.67. The summed E-state index contributed by atoms with van der Waals surface area (Å²) < 4.78 is 2.29. The molecule has 0 saturated heterocycles. The third kappa shape index (κ3) is 2.01. The molecule has 0 amide bonds. The maximum absolute atomic E-state index is 6.20. The Hall–Kier alpha value is -1.51. The van der Waals surface area contributed by atoms with Crippen molar-refractivity contribution in [1.29, 1.82) is 0 Å². The molecule has 2 N–H and O–H groups in total. The summed E-state index contributed by atoms with van der Waals surface area (Å²) in [7, 11) is 0. The number of aryl methyl sites for hydroxylation is 1. The summed E-state index contributed by atoms with van der Waals surface area (Å²) in [6.45, 7) is 6.85. The lowest BCUT2D eigenvalue weighted by Crippen LogP contribution is -2.25. The molecule has 1 heterocycles. The third-order valence-corrected chi connectivity index (χ3v) is 4.66. The predicted octanol–water partition coefficient (Wildman–Crippen LogP) is 3.92. The molecule has 3 nitrogen and oxygen atoms in total. The highest BCUT2D eigenvalue weighted by molar-refractivity contribution is 5.81. The number of hydrogen-bond donors (Lipinski definition) is 1. The van der Waals surface area contributed by atoms with Gasteiger partial charge in [0, 0.05) is 6.04 Å². The SMILES string of the molecule is Cc1cccc2nc(N)n(C3CCC(C)CC3C)c12. The number of anilines is 1. The van der Waals surface area contributed by atoms with Crippen molar-refractivity contribution in [3.63, 3.8) is 0 Å². The first-order valence-electron chi connectivity index (χ1n) is 7.31. The highest BCUT2D eigenvalue weighted by atomic mass is 15.2. The Morgan fingerprint density at radius 3 is 2.79 bits per heavy atom. The molecular formula is C16H23N3. The van der Waals surface area contributed by atoms with Gasteiger partial charge in [-0.2, -0.15) is 0 Å². The monoisotopic (exact) mass is 257 g/mol. The fourth-order valence-corrected chi connectivity index (χ4v) is 3.71. The van der Waals surface area contributed by atoms with E-state index in [1.807, 2.05) is 0 Å². The Labute approximate surface area is 114 Å². The highest BCUT2D eigenvalue weighted by Gasteiger charge is 2.29. The fraction of sp³-hybridized carbons (Fsp3) is 0.562. The van der Waals surface area contributed by atoms with Crippen LogP contribution in [0.2, 0.25) is 0 Å². The van der Waals surface area contributed by atoms with Gasteiger partial charge in [0.05, 0.1) is 11.0 Å². The second kappa shape index (κ2) is 4.55. The van der Waals surface area contributed by atoms with E-state index >= 15 is 0 Å². The Morgan fingerprint density at radius 1 is 1.26 bits per heavy atom. The van der Waals surface area contributed by atoms with Crippen LogP contribution in [0.1, 0.15) is 44.7 Å². The molecule has 0 radical (unpaired) electrons. The number of nitrogens with two attached hydrogens (primary N) is 1. The number of imidazole rings is 1. The normalized spacial score (nSPS) is 27.8. The highest BCUT2D eigenvalue weighted by Crippen LogP contribution is 2.40. The molecule has 1 aliphatic rings.